The molecule has 0 aliphatic carbocycles. The highest BCUT2D eigenvalue weighted by atomic mass is 35.7. The number of halogens is 2. The van der Waals surface area contributed by atoms with Crippen molar-refractivity contribution < 1.29 is 76.5 Å². The molecule has 250 valence electrons. The summed E-state index contributed by atoms with van der Waals surface area (Å²) in [5, 5.41) is 6.06. The average molecular weight is 668 g/mol. The predicted octanol–water partition coefficient (Wildman–Crippen LogP) is -5.64. The van der Waals surface area contributed by atoms with Gasteiger partial charge in [0, 0.05) is 63.0 Å². The second kappa shape index (κ2) is 25.8. The smallest absolute Gasteiger partial charge is 0.219 e. The first kappa shape index (κ1) is 41.5. The van der Waals surface area contributed by atoms with Crippen molar-refractivity contribution in [2.75, 3.05) is 13.1 Å². The summed E-state index contributed by atoms with van der Waals surface area (Å²) < 4.78 is 72.3. The van der Waals surface area contributed by atoms with Gasteiger partial charge in [-0.1, -0.05) is 25.0 Å². The number of amides is 2. The van der Waals surface area contributed by atoms with Gasteiger partial charge in [0.15, 0.2) is 24.8 Å². The molecule has 14 nitrogen and oxygen atoms in total. The minimum atomic E-state index is -4.94. The summed E-state index contributed by atoms with van der Waals surface area (Å²) in [6.07, 6.45) is 20.0. The Balaban J connectivity index is 0.00000159. The summed E-state index contributed by atoms with van der Waals surface area (Å²) in [6, 6.07) is 12.2. The minimum absolute atomic E-state index is 0.169. The topological polar surface area (TPSA) is 250 Å². The standard InChI is InChI=1S/C28H42N4O2.2ClHO4/c33-27(17-7-3-11-21-31-23-13-5-14-24-31)29-19-9-1-2-10-20-30-28(34)18-8-4-12-22-32-25-15-6-16-26-32;2*2-1(3,4)5/h5-6,13-16,23-26H,1-4,7-12,17-22H2;2*(H,2,3,4,5). The molecule has 0 spiro atoms. The van der Waals surface area contributed by atoms with Crippen molar-refractivity contribution in [3.63, 3.8) is 0 Å². The third kappa shape index (κ3) is 35.7. The van der Waals surface area contributed by atoms with Crippen LogP contribution in [0.25, 0.3) is 0 Å². The van der Waals surface area contributed by atoms with Crippen molar-refractivity contribution in [1.29, 1.82) is 0 Å². The summed E-state index contributed by atoms with van der Waals surface area (Å²) in [5.74, 6) is 0.337. The number of aryl methyl sites for hydroxylation is 2. The Morgan fingerprint density at radius 2 is 0.750 bits per heavy atom. The molecule has 2 rings (SSSR count). The molecule has 2 aromatic heterocycles. The Kier molecular flexibility index (Phi) is 24.3. The second-order valence-electron chi connectivity index (χ2n) is 9.72. The van der Waals surface area contributed by atoms with E-state index in [4.69, 9.17) is 37.3 Å². The van der Waals surface area contributed by atoms with Crippen LogP contribution in [0.4, 0.5) is 0 Å². The van der Waals surface area contributed by atoms with E-state index in [-0.39, 0.29) is 11.8 Å². The third-order valence-electron chi connectivity index (χ3n) is 5.94. The number of carbonyl (C=O) groups excluding carboxylic acids is 2. The molecule has 2 amide bonds. The van der Waals surface area contributed by atoms with E-state index in [0.717, 1.165) is 90.4 Å². The number of nitrogens with zero attached hydrogens (tertiary/aromatic N) is 2. The lowest BCUT2D eigenvalue weighted by atomic mass is 10.1. The van der Waals surface area contributed by atoms with E-state index >= 15 is 0 Å². The van der Waals surface area contributed by atoms with E-state index in [1.807, 2.05) is 36.4 Å². The van der Waals surface area contributed by atoms with Crippen LogP contribution in [0.1, 0.15) is 77.0 Å². The van der Waals surface area contributed by atoms with E-state index in [1.165, 1.54) is 0 Å². The summed E-state index contributed by atoms with van der Waals surface area (Å²) in [4.78, 5) is 23.8. The molecule has 0 aliphatic rings. The van der Waals surface area contributed by atoms with Gasteiger partial charge in [-0.2, -0.15) is 0 Å². The van der Waals surface area contributed by atoms with Crippen molar-refractivity contribution in [1.82, 2.24) is 10.6 Å². The lowest BCUT2D eigenvalue weighted by Crippen LogP contribution is -2.68. The first-order valence-electron chi connectivity index (χ1n) is 14.4. The summed E-state index contributed by atoms with van der Waals surface area (Å²) in [6.45, 7) is 3.53. The second-order valence-corrected chi connectivity index (χ2v) is 11.2. The Bertz CT molecular complexity index is 890. The Morgan fingerprint density at radius 1 is 0.455 bits per heavy atom. The predicted molar refractivity (Wildman–Crippen MR) is 135 cm³/mol. The fraction of sp³-hybridized carbons (Fsp3) is 0.571. The van der Waals surface area contributed by atoms with Gasteiger partial charge in [0.1, 0.15) is 13.1 Å². The number of rotatable bonds is 19. The van der Waals surface area contributed by atoms with Gasteiger partial charge in [-0.15, -0.1) is 20.5 Å². The molecule has 2 N–H and O–H groups in total. The van der Waals surface area contributed by atoms with Crippen molar-refractivity contribution in [3.8, 4) is 0 Å². The van der Waals surface area contributed by atoms with Crippen molar-refractivity contribution >= 4 is 11.8 Å². The highest BCUT2D eigenvalue weighted by molar-refractivity contribution is 5.76. The molecule has 0 atom stereocenters. The summed E-state index contributed by atoms with van der Waals surface area (Å²) >= 11 is 0. The van der Waals surface area contributed by atoms with Crippen LogP contribution in [0.5, 0.6) is 0 Å². The lowest BCUT2D eigenvalue weighted by Gasteiger charge is -2.17. The van der Waals surface area contributed by atoms with Gasteiger partial charge in [0.2, 0.25) is 11.8 Å². The minimum Gasteiger partial charge on any atom is -0.356 e. The molecular weight excluding hydrogens is 623 g/mol. The first-order valence-corrected chi connectivity index (χ1v) is 16.9. The molecule has 0 aromatic carbocycles. The number of hydrogen-bond donors (Lipinski definition) is 2. The zero-order valence-corrected chi connectivity index (χ0v) is 26.3. The van der Waals surface area contributed by atoms with Crippen molar-refractivity contribution in [2.24, 2.45) is 0 Å². The van der Waals surface area contributed by atoms with Crippen LogP contribution < -0.4 is 57.0 Å². The van der Waals surface area contributed by atoms with Crippen LogP contribution in [0.3, 0.4) is 0 Å². The average Bonchev–Trinajstić information content (AvgIpc) is 2.93. The molecule has 16 heteroatoms. The molecule has 0 bridgehead atoms. The maximum Gasteiger partial charge on any atom is 0.219 e. The van der Waals surface area contributed by atoms with Gasteiger partial charge < -0.3 is 10.6 Å². The number of carbonyl (C=O) groups is 2. The van der Waals surface area contributed by atoms with E-state index in [9.17, 15) is 9.59 Å². The molecule has 0 saturated carbocycles. The van der Waals surface area contributed by atoms with Gasteiger partial charge in [-0.3, -0.25) is 9.59 Å². The zero-order chi connectivity index (χ0) is 33.1. The van der Waals surface area contributed by atoms with E-state index in [1.54, 1.807) is 0 Å². The third-order valence-corrected chi connectivity index (χ3v) is 5.94. The normalized spacial score (nSPS) is 11.0. The van der Waals surface area contributed by atoms with Crippen molar-refractivity contribution in [2.45, 2.75) is 90.1 Å². The number of aromatic nitrogens is 2. The molecule has 0 fully saturated rings. The van der Waals surface area contributed by atoms with E-state index in [2.05, 4.69) is 44.6 Å². The fourth-order valence-corrected chi connectivity index (χ4v) is 3.92. The number of pyridine rings is 2. The van der Waals surface area contributed by atoms with Gasteiger partial charge in [0.05, 0.1) is 0 Å². The van der Waals surface area contributed by atoms with Crippen LogP contribution in [-0.2, 0) is 22.7 Å². The summed E-state index contributed by atoms with van der Waals surface area (Å²) in [7, 11) is -9.89. The monoisotopic (exact) mass is 666 g/mol. The number of nitrogens with one attached hydrogen (secondary N) is 2. The molecule has 0 aliphatic heterocycles. The van der Waals surface area contributed by atoms with Crippen LogP contribution in [0, 0.1) is 20.5 Å². The molecular formula is C28H44Cl2N4O10. The number of unbranched alkanes of at least 4 members (excludes halogenated alkanes) is 7. The van der Waals surface area contributed by atoms with Crippen molar-refractivity contribution in [3.05, 3.63) is 61.2 Å². The molecule has 44 heavy (non-hydrogen) atoms. The molecule has 2 aromatic rings. The van der Waals surface area contributed by atoms with Crippen LogP contribution >= 0.6 is 0 Å². The van der Waals surface area contributed by atoms with E-state index < -0.39 is 20.5 Å². The van der Waals surface area contributed by atoms with Gasteiger partial charge in [0.25, 0.3) is 0 Å². The number of hydrogen-bond acceptors (Lipinski definition) is 10. The maximum absolute atomic E-state index is 11.9. The summed E-state index contributed by atoms with van der Waals surface area (Å²) in [5.41, 5.74) is 0. The molecule has 0 unspecified atom stereocenters. The maximum atomic E-state index is 11.9. The van der Waals surface area contributed by atoms with Gasteiger partial charge in [-0.25, -0.2) is 46.4 Å². The van der Waals surface area contributed by atoms with E-state index in [0.29, 0.717) is 12.8 Å². The van der Waals surface area contributed by atoms with Crippen LogP contribution in [-0.4, -0.2) is 24.9 Å². The quantitative estimate of drug-likeness (QED) is 0.106. The van der Waals surface area contributed by atoms with Crippen LogP contribution in [0.15, 0.2) is 61.2 Å². The Labute approximate surface area is 263 Å². The largest absolute Gasteiger partial charge is 0.356 e. The Hall–Kier alpha value is -2.50. The molecule has 2 heterocycles. The molecule has 0 radical (unpaired) electrons. The highest BCUT2D eigenvalue weighted by Crippen LogP contribution is 2.03. The lowest BCUT2D eigenvalue weighted by molar-refractivity contribution is -2.00. The molecule has 0 saturated heterocycles. The fourth-order valence-electron chi connectivity index (χ4n) is 3.92. The van der Waals surface area contributed by atoms with Gasteiger partial charge >= 0.3 is 0 Å². The van der Waals surface area contributed by atoms with Gasteiger partial charge in [-0.05, 0) is 38.5 Å². The zero-order valence-electron chi connectivity index (χ0n) is 24.8. The highest BCUT2D eigenvalue weighted by Gasteiger charge is 2.04. The van der Waals surface area contributed by atoms with Crippen LogP contribution in [0.2, 0.25) is 0 Å². The SMILES string of the molecule is O=C(CCCCC[n+]1ccccc1)NCCCCCCNC(=O)CCCCC[n+]1ccccc1.[O-][Cl+3]([O-])([O-])[O-].[O-][Cl+3]([O-])([O-])[O-]. The Morgan fingerprint density at radius 3 is 1.07 bits per heavy atom. The first-order chi connectivity index (χ1) is 20.7.